The summed E-state index contributed by atoms with van der Waals surface area (Å²) in [6, 6.07) is 18.4. The second-order valence-electron chi connectivity index (χ2n) is 6.75. The van der Waals surface area contributed by atoms with Crippen LogP contribution >= 0.6 is 0 Å². The van der Waals surface area contributed by atoms with E-state index in [-0.39, 0.29) is 5.41 Å². The first-order valence-electron chi connectivity index (χ1n) is 8.18. The molecule has 0 heterocycles. The first-order chi connectivity index (χ1) is 11.1. The van der Waals surface area contributed by atoms with Crippen LogP contribution in [0.15, 0.2) is 54.6 Å². The number of carboxylic acids is 1. The van der Waals surface area contributed by atoms with Crippen molar-refractivity contribution in [2.75, 3.05) is 0 Å². The van der Waals surface area contributed by atoms with Crippen molar-refractivity contribution in [3.8, 4) is 0 Å². The molecule has 3 nitrogen and oxygen atoms in total. The van der Waals surface area contributed by atoms with Crippen molar-refractivity contribution in [2.24, 2.45) is 0 Å². The van der Waals surface area contributed by atoms with E-state index in [4.69, 9.17) is 5.11 Å². The van der Waals surface area contributed by atoms with Gasteiger partial charge in [-0.2, -0.15) is 0 Å². The van der Waals surface area contributed by atoms with Crippen LogP contribution in [-0.4, -0.2) is 17.1 Å². The van der Waals surface area contributed by atoms with Gasteiger partial charge in [0.25, 0.3) is 0 Å². The zero-order valence-corrected chi connectivity index (χ0v) is 13.5. The Bertz CT molecular complexity index is 666. The van der Waals surface area contributed by atoms with Crippen molar-refractivity contribution in [1.29, 1.82) is 0 Å². The van der Waals surface area contributed by atoms with Gasteiger partial charge in [0, 0.05) is 12.6 Å². The summed E-state index contributed by atoms with van der Waals surface area (Å²) >= 11 is 0. The van der Waals surface area contributed by atoms with Crippen LogP contribution in [0.5, 0.6) is 0 Å². The van der Waals surface area contributed by atoms with Crippen molar-refractivity contribution >= 4 is 5.97 Å². The Morgan fingerprint density at radius 1 is 1.17 bits per heavy atom. The molecule has 2 aromatic carbocycles. The smallest absolute Gasteiger partial charge is 0.335 e. The highest BCUT2D eigenvalue weighted by Crippen LogP contribution is 2.40. The molecule has 0 spiro atoms. The topological polar surface area (TPSA) is 49.3 Å². The monoisotopic (exact) mass is 309 g/mol. The number of carbonyl (C=O) groups is 1. The van der Waals surface area contributed by atoms with Crippen LogP contribution < -0.4 is 5.32 Å². The summed E-state index contributed by atoms with van der Waals surface area (Å²) in [6.07, 6.45) is 3.52. The number of rotatable bonds is 5. The van der Waals surface area contributed by atoms with Crippen LogP contribution in [0.4, 0.5) is 0 Å². The zero-order valence-electron chi connectivity index (χ0n) is 13.5. The molecule has 1 aliphatic rings. The molecule has 0 saturated heterocycles. The number of carboxylic acid groups (broad SMARTS) is 1. The minimum Gasteiger partial charge on any atom is -0.478 e. The van der Waals surface area contributed by atoms with Gasteiger partial charge in [-0.3, -0.25) is 0 Å². The van der Waals surface area contributed by atoms with Gasteiger partial charge in [0.15, 0.2) is 0 Å². The van der Waals surface area contributed by atoms with Gasteiger partial charge in [-0.1, -0.05) is 49.4 Å². The average molecular weight is 309 g/mol. The Morgan fingerprint density at radius 3 is 2.52 bits per heavy atom. The van der Waals surface area contributed by atoms with Crippen molar-refractivity contribution < 1.29 is 9.90 Å². The quantitative estimate of drug-likeness (QED) is 0.878. The predicted molar refractivity (Wildman–Crippen MR) is 91.7 cm³/mol. The van der Waals surface area contributed by atoms with Gasteiger partial charge in [-0.25, -0.2) is 4.79 Å². The molecule has 120 valence electrons. The van der Waals surface area contributed by atoms with E-state index in [0.717, 1.165) is 18.5 Å². The number of benzene rings is 2. The second-order valence-corrected chi connectivity index (χ2v) is 6.75. The molecular formula is C20H23NO2. The Kier molecular flexibility index (Phi) is 4.49. The Hall–Kier alpha value is -2.13. The summed E-state index contributed by atoms with van der Waals surface area (Å²) in [4.78, 5) is 10.9. The molecule has 0 bridgehead atoms. The van der Waals surface area contributed by atoms with Crippen LogP contribution in [0.2, 0.25) is 0 Å². The fraction of sp³-hybridized carbons (Fsp3) is 0.350. The molecule has 2 aromatic rings. The number of aromatic carboxylic acids is 1. The number of nitrogens with one attached hydrogen (secondary N) is 1. The minimum atomic E-state index is -0.876. The Labute approximate surface area is 137 Å². The third-order valence-corrected chi connectivity index (χ3v) is 5.01. The highest BCUT2D eigenvalue weighted by molar-refractivity contribution is 5.87. The summed E-state index contributed by atoms with van der Waals surface area (Å²) in [5, 5.41) is 12.6. The van der Waals surface area contributed by atoms with Gasteiger partial charge in [0.05, 0.1) is 5.56 Å². The molecule has 2 atom stereocenters. The van der Waals surface area contributed by atoms with E-state index in [0.29, 0.717) is 11.6 Å². The van der Waals surface area contributed by atoms with E-state index < -0.39 is 5.97 Å². The van der Waals surface area contributed by atoms with E-state index in [1.807, 2.05) is 12.1 Å². The molecule has 1 saturated carbocycles. The fourth-order valence-electron chi connectivity index (χ4n) is 3.55. The summed E-state index contributed by atoms with van der Waals surface area (Å²) in [5.41, 5.74) is 3.15. The molecule has 3 heteroatoms. The summed E-state index contributed by atoms with van der Waals surface area (Å²) < 4.78 is 0. The Morgan fingerprint density at radius 2 is 1.87 bits per heavy atom. The second kappa shape index (κ2) is 6.55. The van der Waals surface area contributed by atoms with Crippen molar-refractivity contribution in [3.63, 3.8) is 0 Å². The highest BCUT2D eigenvalue weighted by Gasteiger charge is 2.35. The van der Waals surface area contributed by atoms with Gasteiger partial charge in [0.1, 0.15) is 0 Å². The molecule has 23 heavy (non-hydrogen) atoms. The van der Waals surface area contributed by atoms with Crippen LogP contribution in [-0.2, 0) is 12.0 Å². The largest absolute Gasteiger partial charge is 0.478 e. The van der Waals surface area contributed by atoms with Crippen LogP contribution in [0.3, 0.4) is 0 Å². The minimum absolute atomic E-state index is 0.256. The average Bonchev–Trinajstić information content (AvgIpc) is 2.97. The van der Waals surface area contributed by atoms with Crippen LogP contribution in [0, 0.1) is 0 Å². The molecular weight excluding hydrogens is 286 g/mol. The van der Waals surface area contributed by atoms with Crippen molar-refractivity contribution in [1.82, 2.24) is 5.32 Å². The SMILES string of the molecule is C[C@@]1(c2ccccc2)CC[C@H](NCc2ccc(C(=O)O)cc2)C1. The molecule has 0 radical (unpaired) electrons. The lowest BCUT2D eigenvalue weighted by Gasteiger charge is -2.25. The maximum atomic E-state index is 10.9. The van der Waals surface area contributed by atoms with Gasteiger partial charge >= 0.3 is 5.97 Å². The first kappa shape index (κ1) is 15.8. The van der Waals surface area contributed by atoms with Gasteiger partial charge in [0.2, 0.25) is 0 Å². The van der Waals surface area contributed by atoms with E-state index in [9.17, 15) is 4.79 Å². The summed E-state index contributed by atoms with van der Waals surface area (Å²) in [7, 11) is 0. The molecule has 1 aliphatic carbocycles. The van der Waals surface area contributed by atoms with Gasteiger partial charge < -0.3 is 10.4 Å². The molecule has 2 N–H and O–H groups in total. The van der Waals surface area contributed by atoms with E-state index in [1.54, 1.807) is 12.1 Å². The summed E-state index contributed by atoms with van der Waals surface area (Å²) in [5.74, 6) is -0.876. The van der Waals surface area contributed by atoms with E-state index in [1.165, 1.54) is 18.4 Å². The van der Waals surface area contributed by atoms with Crippen LogP contribution in [0.1, 0.15) is 47.7 Å². The highest BCUT2D eigenvalue weighted by atomic mass is 16.4. The Balaban J connectivity index is 1.57. The number of hydrogen-bond donors (Lipinski definition) is 2. The lowest BCUT2D eigenvalue weighted by molar-refractivity contribution is 0.0697. The molecule has 0 unspecified atom stereocenters. The number of hydrogen-bond acceptors (Lipinski definition) is 2. The predicted octanol–water partition coefficient (Wildman–Crippen LogP) is 3.98. The molecule has 0 aliphatic heterocycles. The van der Waals surface area contributed by atoms with Crippen molar-refractivity contribution in [2.45, 2.75) is 44.2 Å². The molecule has 0 amide bonds. The van der Waals surface area contributed by atoms with Gasteiger partial charge in [-0.05, 0) is 47.9 Å². The third-order valence-electron chi connectivity index (χ3n) is 5.01. The summed E-state index contributed by atoms with van der Waals surface area (Å²) in [6.45, 7) is 3.14. The maximum absolute atomic E-state index is 10.9. The molecule has 1 fully saturated rings. The zero-order chi connectivity index (χ0) is 16.3. The van der Waals surface area contributed by atoms with Crippen LogP contribution in [0.25, 0.3) is 0 Å². The third kappa shape index (κ3) is 3.62. The molecule has 3 rings (SSSR count). The lowest BCUT2D eigenvalue weighted by atomic mass is 9.81. The maximum Gasteiger partial charge on any atom is 0.335 e. The lowest BCUT2D eigenvalue weighted by Crippen LogP contribution is -2.28. The van der Waals surface area contributed by atoms with Crippen molar-refractivity contribution in [3.05, 3.63) is 71.3 Å². The van der Waals surface area contributed by atoms with E-state index in [2.05, 4.69) is 42.6 Å². The van der Waals surface area contributed by atoms with Gasteiger partial charge in [-0.15, -0.1) is 0 Å². The first-order valence-corrected chi connectivity index (χ1v) is 8.18. The van der Waals surface area contributed by atoms with E-state index >= 15 is 0 Å². The normalized spacial score (nSPS) is 23.8. The standard InChI is InChI=1S/C20H23NO2/c1-20(17-5-3-2-4-6-17)12-11-18(13-20)21-14-15-7-9-16(10-8-15)19(22)23/h2-10,18,21H,11-14H2,1H3,(H,22,23)/t18-,20+/m0/s1. The molecule has 0 aromatic heterocycles. The fourth-order valence-corrected chi connectivity index (χ4v) is 3.55.